The zero-order valence-corrected chi connectivity index (χ0v) is 10.1. The van der Waals surface area contributed by atoms with Crippen LogP contribution in [0.15, 0.2) is 0 Å². The minimum absolute atomic E-state index is 0. The summed E-state index contributed by atoms with van der Waals surface area (Å²) in [6.45, 7) is 12.2. The maximum Gasteiger partial charge on any atom is 0 e. The monoisotopic (exact) mass is 247 g/mol. The topological polar surface area (TPSA) is 0 Å². The summed E-state index contributed by atoms with van der Waals surface area (Å²) in [4.78, 5) is 0. The molecule has 0 aromatic heterocycles. The predicted molar refractivity (Wildman–Crippen MR) is 56.4 cm³/mol. The van der Waals surface area contributed by atoms with Crippen LogP contribution in [0.1, 0.15) is 48.0 Å². The van der Waals surface area contributed by atoms with Crippen molar-refractivity contribution in [3.63, 3.8) is 0 Å². The molecule has 0 amide bonds. The summed E-state index contributed by atoms with van der Waals surface area (Å²) >= 11 is 0. The van der Waals surface area contributed by atoms with Gasteiger partial charge in [-0.05, 0) is 0 Å². The quantitative estimate of drug-likeness (QED) is 0.647. The first-order valence-corrected chi connectivity index (χ1v) is 3.79. The van der Waals surface area contributed by atoms with Crippen LogP contribution in [0.3, 0.4) is 0 Å². The van der Waals surface area contributed by atoms with Crippen molar-refractivity contribution in [2.75, 3.05) is 0 Å². The Morgan fingerprint density at radius 3 is 1.33 bits per heavy atom. The normalized spacial score (nSPS) is 13.0. The van der Waals surface area contributed by atoms with Crippen LogP contribution < -0.4 is 0 Å². The van der Waals surface area contributed by atoms with E-state index in [0.717, 1.165) is 24.7 Å². The Balaban J connectivity index is -0.000000107. The summed E-state index contributed by atoms with van der Waals surface area (Å²) in [5.41, 5.74) is 0. The third-order valence-corrected chi connectivity index (χ3v) is 1.79. The van der Waals surface area contributed by atoms with Crippen molar-refractivity contribution < 1.29 is 32.7 Å². The van der Waals surface area contributed by atoms with Crippen LogP contribution in [0.25, 0.3) is 0 Å². The van der Waals surface area contributed by atoms with Crippen LogP contribution in [0, 0.1) is 25.7 Å². The fraction of sp³-hybridized carbons (Fsp3) is 0.818. The number of hydrogen-bond donors (Lipinski definition) is 0. The van der Waals surface area contributed by atoms with E-state index in [9.17, 15) is 0 Å². The SMILES string of the molecule is C.C.[CH2-]CC(C)CC(C)C[CH2-].[Y]. The molecule has 2 atom stereocenters. The van der Waals surface area contributed by atoms with Crippen LogP contribution >= 0.6 is 0 Å². The van der Waals surface area contributed by atoms with Crippen molar-refractivity contribution in [1.29, 1.82) is 0 Å². The minimum Gasteiger partial charge on any atom is -0.343 e. The van der Waals surface area contributed by atoms with Gasteiger partial charge in [0.25, 0.3) is 0 Å². The van der Waals surface area contributed by atoms with Crippen molar-refractivity contribution in [2.24, 2.45) is 11.8 Å². The van der Waals surface area contributed by atoms with Gasteiger partial charge in [0.2, 0.25) is 0 Å². The molecule has 0 heterocycles. The molecule has 0 aliphatic rings. The van der Waals surface area contributed by atoms with E-state index in [0.29, 0.717) is 0 Å². The summed E-state index contributed by atoms with van der Waals surface area (Å²) in [7, 11) is 0. The third-order valence-electron chi connectivity index (χ3n) is 1.79. The van der Waals surface area contributed by atoms with E-state index in [-0.39, 0.29) is 47.6 Å². The molecular weight excluding hydrogens is 221 g/mol. The first-order valence-electron chi connectivity index (χ1n) is 3.79. The smallest absolute Gasteiger partial charge is 0 e. The largest absolute Gasteiger partial charge is 0.343 e. The van der Waals surface area contributed by atoms with Gasteiger partial charge >= 0.3 is 0 Å². The van der Waals surface area contributed by atoms with Crippen molar-refractivity contribution in [1.82, 2.24) is 0 Å². The molecule has 0 rings (SSSR count). The molecule has 0 bridgehead atoms. The minimum atomic E-state index is 0. The first-order chi connectivity index (χ1) is 4.20. The van der Waals surface area contributed by atoms with Crippen LogP contribution in [0.4, 0.5) is 0 Å². The third kappa shape index (κ3) is 13.7. The van der Waals surface area contributed by atoms with Crippen LogP contribution in [-0.2, 0) is 32.7 Å². The molecule has 0 aromatic rings. The van der Waals surface area contributed by atoms with E-state index < -0.39 is 0 Å². The predicted octanol–water partition coefficient (Wildman–Crippen LogP) is 4.37. The fourth-order valence-corrected chi connectivity index (χ4v) is 0.923. The van der Waals surface area contributed by atoms with Gasteiger partial charge in [-0.1, -0.05) is 47.0 Å². The van der Waals surface area contributed by atoms with Gasteiger partial charge in [-0.3, -0.25) is 0 Å². The molecular formula is C11H26Y-2. The van der Waals surface area contributed by atoms with Gasteiger partial charge in [-0.15, -0.1) is 0 Å². The van der Waals surface area contributed by atoms with Crippen LogP contribution in [-0.4, -0.2) is 0 Å². The van der Waals surface area contributed by atoms with Crippen molar-refractivity contribution in [3.05, 3.63) is 13.8 Å². The Kier molecular flexibility index (Phi) is 28.2. The zero-order chi connectivity index (χ0) is 7.28. The van der Waals surface area contributed by atoms with Crippen molar-refractivity contribution in [3.8, 4) is 0 Å². The second kappa shape index (κ2) is 14.6. The Bertz CT molecular complexity index is 54.0. The molecule has 0 nitrogen and oxygen atoms in total. The van der Waals surface area contributed by atoms with Crippen molar-refractivity contribution >= 4 is 0 Å². The van der Waals surface area contributed by atoms with E-state index in [1.54, 1.807) is 0 Å². The molecule has 0 fully saturated rings. The van der Waals surface area contributed by atoms with Crippen LogP contribution in [0.5, 0.6) is 0 Å². The first kappa shape index (κ1) is 23.2. The van der Waals surface area contributed by atoms with E-state index in [1.165, 1.54) is 6.42 Å². The number of hydrogen-bond acceptors (Lipinski definition) is 0. The molecule has 0 aromatic carbocycles. The summed E-state index contributed by atoms with van der Waals surface area (Å²) in [5.74, 6) is 1.56. The Morgan fingerprint density at radius 2 is 1.17 bits per heavy atom. The average molecular weight is 247 g/mol. The molecule has 75 valence electrons. The Hall–Kier alpha value is 1.10. The maximum atomic E-state index is 3.85. The molecule has 0 aliphatic heterocycles. The van der Waals surface area contributed by atoms with Gasteiger partial charge in [-0.2, -0.15) is 12.8 Å². The molecule has 1 heteroatoms. The average Bonchev–Trinajstić information content (AvgIpc) is 1.87. The summed E-state index contributed by atoms with van der Waals surface area (Å²) in [6.07, 6.45) is 3.40. The molecule has 0 saturated carbocycles. The molecule has 0 saturated heterocycles. The van der Waals surface area contributed by atoms with Gasteiger partial charge in [0.1, 0.15) is 0 Å². The van der Waals surface area contributed by atoms with E-state index in [2.05, 4.69) is 27.7 Å². The van der Waals surface area contributed by atoms with Gasteiger partial charge < -0.3 is 13.8 Å². The summed E-state index contributed by atoms with van der Waals surface area (Å²) in [6, 6.07) is 0. The van der Waals surface area contributed by atoms with E-state index >= 15 is 0 Å². The Morgan fingerprint density at radius 1 is 0.917 bits per heavy atom. The molecule has 12 heavy (non-hydrogen) atoms. The van der Waals surface area contributed by atoms with Crippen molar-refractivity contribution in [2.45, 2.75) is 48.0 Å². The van der Waals surface area contributed by atoms with E-state index in [1.807, 2.05) is 0 Å². The zero-order valence-electron chi connectivity index (χ0n) is 7.27. The van der Waals surface area contributed by atoms with Crippen LogP contribution in [0.2, 0.25) is 0 Å². The Labute approximate surface area is 106 Å². The second-order valence-electron chi connectivity index (χ2n) is 3.02. The van der Waals surface area contributed by atoms with Gasteiger partial charge in [-0.25, -0.2) is 0 Å². The molecule has 1 radical (unpaired) electrons. The molecule has 0 spiro atoms. The number of rotatable bonds is 4. The maximum absolute atomic E-state index is 3.85. The summed E-state index contributed by atoms with van der Waals surface area (Å²) < 4.78 is 0. The second-order valence-corrected chi connectivity index (χ2v) is 3.02. The van der Waals surface area contributed by atoms with E-state index in [4.69, 9.17) is 0 Å². The van der Waals surface area contributed by atoms with Gasteiger partial charge in [0.15, 0.2) is 0 Å². The fourth-order valence-electron chi connectivity index (χ4n) is 0.923. The molecule has 0 N–H and O–H groups in total. The standard InChI is InChI=1S/C9H18.2CH4.Y/c1-5-8(3)7-9(4)6-2;;;/h8-9H,1-2,5-7H2,3-4H3;2*1H4;/q-2;;;. The van der Waals surface area contributed by atoms with Gasteiger partial charge in [0, 0.05) is 32.7 Å². The molecule has 2 unspecified atom stereocenters. The van der Waals surface area contributed by atoms with Gasteiger partial charge in [0.05, 0.1) is 0 Å². The summed E-state index contributed by atoms with van der Waals surface area (Å²) in [5, 5.41) is 0. The molecule has 0 aliphatic carbocycles.